The van der Waals surface area contributed by atoms with E-state index in [-0.39, 0.29) is 18.7 Å². The van der Waals surface area contributed by atoms with E-state index < -0.39 is 46.2 Å². The van der Waals surface area contributed by atoms with E-state index >= 15 is 0 Å². The summed E-state index contributed by atoms with van der Waals surface area (Å²) in [5, 5.41) is 2.80. The van der Waals surface area contributed by atoms with Crippen LogP contribution in [0.5, 0.6) is 5.75 Å². The predicted octanol–water partition coefficient (Wildman–Crippen LogP) is 4.20. The fourth-order valence-corrected chi connectivity index (χ4v) is 4.65. The number of anilines is 1. The molecular formula is C26H34F3N3O5S. The molecule has 0 saturated heterocycles. The monoisotopic (exact) mass is 557 g/mol. The third-order valence-corrected chi connectivity index (χ3v) is 7.01. The van der Waals surface area contributed by atoms with Crippen LogP contribution in [0.15, 0.2) is 48.5 Å². The number of carbonyl (C=O) groups is 2. The SMILES string of the molecule is CCCCNC(=O)C(CC)N(Cc1ccc(OC)cc1)C(=O)CN(c1cccc(C(F)(F)F)c1)S(C)(=O)=O. The predicted molar refractivity (Wildman–Crippen MR) is 139 cm³/mol. The van der Waals surface area contributed by atoms with Crippen molar-refractivity contribution in [2.24, 2.45) is 0 Å². The van der Waals surface area contributed by atoms with Crippen molar-refractivity contribution in [1.29, 1.82) is 0 Å². The van der Waals surface area contributed by atoms with Gasteiger partial charge < -0.3 is 15.0 Å². The smallest absolute Gasteiger partial charge is 0.416 e. The molecular weight excluding hydrogens is 523 g/mol. The lowest BCUT2D eigenvalue weighted by Crippen LogP contribution is -2.52. The molecule has 2 aromatic carbocycles. The molecule has 2 rings (SSSR count). The number of halogens is 3. The first-order valence-electron chi connectivity index (χ1n) is 12.2. The number of sulfonamides is 1. The Bertz CT molecular complexity index is 1190. The lowest BCUT2D eigenvalue weighted by atomic mass is 10.1. The lowest BCUT2D eigenvalue weighted by Gasteiger charge is -2.33. The fourth-order valence-electron chi connectivity index (χ4n) is 3.80. The van der Waals surface area contributed by atoms with Gasteiger partial charge in [0, 0.05) is 13.1 Å². The van der Waals surface area contributed by atoms with Crippen molar-refractivity contribution in [3.05, 3.63) is 59.7 Å². The van der Waals surface area contributed by atoms with Gasteiger partial charge in [0.15, 0.2) is 0 Å². The van der Waals surface area contributed by atoms with Gasteiger partial charge in [0.25, 0.3) is 0 Å². The maximum atomic E-state index is 13.6. The molecule has 38 heavy (non-hydrogen) atoms. The van der Waals surface area contributed by atoms with Crippen molar-refractivity contribution in [2.45, 2.75) is 51.9 Å². The van der Waals surface area contributed by atoms with Crippen LogP contribution >= 0.6 is 0 Å². The molecule has 0 spiro atoms. The number of benzene rings is 2. The summed E-state index contributed by atoms with van der Waals surface area (Å²) in [6, 6.07) is 9.62. The van der Waals surface area contributed by atoms with Crippen LogP contribution in [0.2, 0.25) is 0 Å². The zero-order valence-corrected chi connectivity index (χ0v) is 22.7. The van der Waals surface area contributed by atoms with Crippen LogP contribution in [-0.2, 0) is 32.3 Å². The van der Waals surface area contributed by atoms with Gasteiger partial charge in [0.1, 0.15) is 18.3 Å². The molecule has 0 aromatic heterocycles. The third-order valence-electron chi connectivity index (χ3n) is 5.87. The first-order chi connectivity index (χ1) is 17.8. The fraction of sp³-hybridized carbons (Fsp3) is 0.462. The molecule has 2 aromatic rings. The minimum absolute atomic E-state index is 0.0251. The maximum absolute atomic E-state index is 13.6. The standard InChI is InChI=1S/C26H34F3N3O5S/c1-5-7-15-30-25(34)23(6-2)31(17-19-11-13-22(37-3)14-12-19)24(33)18-32(38(4,35)36)21-10-8-9-20(16-21)26(27,28)29/h8-14,16,23H,5-7,15,17-18H2,1-4H3,(H,30,34). The zero-order chi connectivity index (χ0) is 28.5. The second kappa shape index (κ2) is 13.5. The molecule has 1 atom stereocenters. The van der Waals surface area contributed by atoms with E-state index in [1.165, 1.54) is 18.1 Å². The molecule has 0 bridgehead atoms. The van der Waals surface area contributed by atoms with E-state index in [1.54, 1.807) is 31.2 Å². The highest BCUT2D eigenvalue weighted by molar-refractivity contribution is 7.92. The second-order valence-corrected chi connectivity index (χ2v) is 10.7. The Hall–Kier alpha value is -3.28. The van der Waals surface area contributed by atoms with Crippen LogP contribution in [0, 0.1) is 0 Å². The summed E-state index contributed by atoms with van der Waals surface area (Å²) in [6.07, 6.45) is -2.06. The van der Waals surface area contributed by atoms with Crippen molar-refractivity contribution in [3.63, 3.8) is 0 Å². The number of nitrogens with one attached hydrogen (secondary N) is 1. The molecule has 210 valence electrons. The minimum atomic E-state index is -4.70. The summed E-state index contributed by atoms with van der Waals surface area (Å²) in [4.78, 5) is 27.9. The topological polar surface area (TPSA) is 96.0 Å². The van der Waals surface area contributed by atoms with E-state index in [9.17, 15) is 31.2 Å². The van der Waals surface area contributed by atoms with Gasteiger partial charge in [0.2, 0.25) is 21.8 Å². The first-order valence-corrected chi connectivity index (χ1v) is 14.0. The number of carbonyl (C=O) groups excluding carboxylic acids is 2. The molecule has 12 heteroatoms. The minimum Gasteiger partial charge on any atom is -0.497 e. The summed E-state index contributed by atoms with van der Waals surface area (Å²) in [5.41, 5.74) is -0.697. The van der Waals surface area contributed by atoms with Gasteiger partial charge in [-0.25, -0.2) is 8.42 Å². The van der Waals surface area contributed by atoms with Gasteiger partial charge in [-0.1, -0.05) is 38.5 Å². The Kier molecular flexibility index (Phi) is 11.0. The highest BCUT2D eigenvalue weighted by Crippen LogP contribution is 2.32. The number of amides is 2. The summed E-state index contributed by atoms with van der Waals surface area (Å²) < 4.78 is 70.9. The summed E-state index contributed by atoms with van der Waals surface area (Å²) in [6.45, 7) is 3.30. The molecule has 0 aliphatic carbocycles. The van der Waals surface area contributed by atoms with Gasteiger partial charge in [-0.15, -0.1) is 0 Å². The van der Waals surface area contributed by atoms with Crippen LogP contribution in [0.25, 0.3) is 0 Å². The average Bonchev–Trinajstić information content (AvgIpc) is 2.86. The van der Waals surface area contributed by atoms with E-state index in [0.29, 0.717) is 28.2 Å². The van der Waals surface area contributed by atoms with Gasteiger partial charge in [0.05, 0.1) is 24.6 Å². The number of alkyl halides is 3. The first kappa shape index (κ1) is 30.9. The van der Waals surface area contributed by atoms with Crippen molar-refractivity contribution in [2.75, 3.05) is 30.8 Å². The number of rotatable bonds is 13. The van der Waals surface area contributed by atoms with Crippen LogP contribution in [0.4, 0.5) is 18.9 Å². The normalized spacial score (nSPS) is 12.5. The molecule has 0 fully saturated rings. The average molecular weight is 558 g/mol. The Labute approximate surface area is 221 Å². The molecule has 1 N–H and O–H groups in total. The van der Waals surface area contributed by atoms with E-state index in [1.807, 2.05) is 6.92 Å². The third kappa shape index (κ3) is 8.64. The molecule has 1 unspecified atom stereocenters. The molecule has 2 amide bonds. The van der Waals surface area contributed by atoms with Gasteiger partial charge in [-0.05, 0) is 48.7 Å². The molecule has 8 nitrogen and oxygen atoms in total. The largest absolute Gasteiger partial charge is 0.497 e. The molecule has 0 radical (unpaired) electrons. The van der Waals surface area contributed by atoms with E-state index in [0.717, 1.165) is 31.2 Å². The maximum Gasteiger partial charge on any atom is 0.416 e. The number of hydrogen-bond donors (Lipinski definition) is 1. The van der Waals surface area contributed by atoms with Crippen LogP contribution in [0.3, 0.4) is 0 Å². The Morgan fingerprint density at radius 3 is 2.26 bits per heavy atom. The molecule has 0 saturated carbocycles. The number of ether oxygens (including phenoxy) is 1. The zero-order valence-electron chi connectivity index (χ0n) is 21.9. The molecule has 0 aliphatic rings. The summed E-state index contributed by atoms with van der Waals surface area (Å²) in [5.74, 6) is -0.544. The van der Waals surface area contributed by atoms with Crippen LogP contribution in [-0.4, -0.2) is 57.6 Å². The Morgan fingerprint density at radius 2 is 1.74 bits per heavy atom. The lowest BCUT2D eigenvalue weighted by molar-refractivity contribution is -0.140. The van der Waals surface area contributed by atoms with Gasteiger partial charge in [-0.2, -0.15) is 13.2 Å². The second-order valence-electron chi connectivity index (χ2n) is 8.76. The highest BCUT2D eigenvalue weighted by Gasteiger charge is 2.34. The van der Waals surface area contributed by atoms with Crippen LogP contribution < -0.4 is 14.4 Å². The van der Waals surface area contributed by atoms with Crippen molar-refractivity contribution >= 4 is 27.5 Å². The summed E-state index contributed by atoms with van der Waals surface area (Å²) in [7, 11) is -2.65. The molecule has 0 heterocycles. The van der Waals surface area contributed by atoms with Crippen molar-refractivity contribution < 1.29 is 35.9 Å². The number of nitrogens with zero attached hydrogens (tertiary/aromatic N) is 2. The number of unbranched alkanes of at least 4 members (excludes halogenated alkanes) is 1. The van der Waals surface area contributed by atoms with Crippen molar-refractivity contribution in [3.8, 4) is 5.75 Å². The van der Waals surface area contributed by atoms with Crippen molar-refractivity contribution in [1.82, 2.24) is 10.2 Å². The molecule has 0 aliphatic heterocycles. The summed E-state index contributed by atoms with van der Waals surface area (Å²) >= 11 is 0. The highest BCUT2D eigenvalue weighted by atomic mass is 32.2. The van der Waals surface area contributed by atoms with E-state index in [2.05, 4.69) is 5.32 Å². The van der Waals surface area contributed by atoms with Gasteiger partial charge in [-0.3, -0.25) is 13.9 Å². The Morgan fingerprint density at radius 1 is 1.08 bits per heavy atom. The quantitative estimate of drug-likeness (QED) is 0.373. The number of hydrogen-bond acceptors (Lipinski definition) is 5. The van der Waals surface area contributed by atoms with E-state index in [4.69, 9.17) is 4.74 Å². The van der Waals surface area contributed by atoms with Crippen LogP contribution in [0.1, 0.15) is 44.2 Å². The van der Waals surface area contributed by atoms with Gasteiger partial charge >= 0.3 is 6.18 Å². The Balaban J connectivity index is 2.45. The number of methoxy groups -OCH3 is 1.